The maximum atomic E-state index is 14.4. The molecule has 5 rings (SSSR count). The lowest BCUT2D eigenvalue weighted by molar-refractivity contribution is 0.102. The maximum Gasteiger partial charge on any atom is 0.259 e. The molecule has 170 valence electrons. The summed E-state index contributed by atoms with van der Waals surface area (Å²) in [6, 6.07) is 11.3. The highest BCUT2D eigenvalue weighted by atomic mass is 19.1. The Morgan fingerprint density at radius 3 is 2.62 bits per heavy atom. The van der Waals surface area contributed by atoms with Gasteiger partial charge in [-0.15, -0.1) is 0 Å². The van der Waals surface area contributed by atoms with E-state index in [1.54, 1.807) is 31.3 Å². The SMILES string of the molecule is Cc1ccc(C(=O)Nc2ccon2)cc1-c1cc2cnn(-c3ccc(F)cc3F)c2n(C)c1=O. The Morgan fingerprint density at radius 1 is 1.06 bits per heavy atom. The highest BCUT2D eigenvalue weighted by Crippen LogP contribution is 2.27. The molecule has 10 heteroatoms. The molecular weight excluding hydrogens is 444 g/mol. The number of hydrogen-bond acceptors (Lipinski definition) is 5. The normalized spacial score (nSPS) is 11.2. The lowest BCUT2D eigenvalue weighted by atomic mass is 9.98. The second-order valence-electron chi connectivity index (χ2n) is 7.72. The van der Waals surface area contributed by atoms with Gasteiger partial charge in [0, 0.05) is 35.7 Å². The number of nitrogens with one attached hydrogen (secondary N) is 1. The highest BCUT2D eigenvalue weighted by Gasteiger charge is 2.18. The van der Waals surface area contributed by atoms with Gasteiger partial charge in [0.25, 0.3) is 11.5 Å². The van der Waals surface area contributed by atoms with Gasteiger partial charge in [-0.25, -0.2) is 13.5 Å². The van der Waals surface area contributed by atoms with Gasteiger partial charge in [-0.1, -0.05) is 11.2 Å². The number of carbonyl (C=O) groups is 1. The number of benzene rings is 2. The van der Waals surface area contributed by atoms with Crippen LogP contribution in [-0.4, -0.2) is 25.4 Å². The van der Waals surface area contributed by atoms with Gasteiger partial charge in [-0.05, 0) is 48.4 Å². The van der Waals surface area contributed by atoms with E-state index in [2.05, 4.69) is 15.6 Å². The van der Waals surface area contributed by atoms with Crippen LogP contribution in [-0.2, 0) is 7.05 Å². The number of aryl methyl sites for hydroxylation is 2. The molecule has 0 radical (unpaired) electrons. The van der Waals surface area contributed by atoms with Crippen molar-refractivity contribution in [1.29, 1.82) is 0 Å². The Labute approximate surface area is 191 Å². The Bertz CT molecular complexity index is 1620. The molecular formula is C24H17F2N5O3. The van der Waals surface area contributed by atoms with Crippen LogP contribution in [0.5, 0.6) is 0 Å². The summed E-state index contributed by atoms with van der Waals surface area (Å²) in [6.45, 7) is 1.83. The first-order valence-electron chi connectivity index (χ1n) is 10.2. The summed E-state index contributed by atoms with van der Waals surface area (Å²) < 4.78 is 35.1. The molecule has 0 unspecified atom stereocenters. The topological polar surface area (TPSA) is 95.0 Å². The zero-order chi connectivity index (χ0) is 24.0. The van der Waals surface area contributed by atoms with Crippen LogP contribution in [0.2, 0.25) is 0 Å². The van der Waals surface area contributed by atoms with Gasteiger partial charge in [-0.2, -0.15) is 5.10 Å². The van der Waals surface area contributed by atoms with E-state index in [1.165, 1.54) is 33.8 Å². The average molecular weight is 461 g/mol. The van der Waals surface area contributed by atoms with E-state index in [9.17, 15) is 18.4 Å². The number of anilines is 1. The van der Waals surface area contributed by atoms with Gasteiger partial charge in [0.1, 0.15) is 23.4 Å². The second-order valence-corrected chi connectivity index (χ2v) is 7.72. The smallest absolute Gasteiger partial charge is 0.259 e. The molecule has 3 heterocycles. The van der Waals surface area contributed by atoms with Crippen LogP contribution < -0.4 is 10.9 Å². The van der Waals surface area contributed by atoms with Crippen molar-refractivity contribution in [3.63, 3.8) is 0 Å². The Kier molecular flexibility index (Phi) is 5.05. The predicted octanol–water partition coefficient (Wildman–Crippen LogP) is 4.22. The Hall–Kier alpha value is -4.60. The standard InChI is InChI=1S/C24H17F2N5O3/c1-13-3-4-14(22(32)28-21-7-8-34-29-21)9-17(13)18-10-15-12-27-31(23(15)30(2)24(18)33)20-6-5-16(25)11-19(20)26/h3-12H,1-2H3,(H,28,29,32). The fourth-order valence-corrected chi connectivity index (χ4v) is 3.83. The van der Waals surface area contributed by atoms with E-state index in [4.69, 9.17) is 4.52 Å². The number of amides is 1. The molecule has 2 aromatic carbocycles. The number of nitrogens with zero attached hydrogens (tertiary/aromatic N) is 4. The summed E-state index contributed by atoms with van der Waals surface area (Å²) in [5.74, 6) is -1.66. The van der Waals surface area contributed by atoms with Gasteiger partial charge in [0.05, 0.1) is 6.20 Å². The third kappa shape index (κ3) is 3.54. The summed E-state index contributed by atoms with van der Waals surface area (Å²) in [7, 11) is 1.55. The van der Waals surface area contributed by atoms with Gasteiger partial charge >= 0.3 is 0 Å². The van der Waals surface area contributed by atoms with Crippen LogP contribution in [0.25, 0.3) is 27.8 Å². The molecule has 34 heavy (non-hydrogen) atoms. The first-order chi connectivity index (χ1) is 16.3. The summed E-state index contributed by atoms with van der Waals surface area (Å²) in [6.07, 6.45) is 2.84. The largest absolute Gasteiger partial charge is 0.363 e. The third-order valence-corrected chi connectivity index (χ3v) is 5.53. The van der Waals surface area contributed by atoms with E-state index in [-0.39, 0.29) is 17.1 Å². The van der Waals surface area contributed by atoms with E-state index in [1.807, 2.05) is 6.92 Å². The molecule has 0 saturated carbocycles. The Morgan fingerprint density at radius 2 is 1.88 bits per heavy atom. The number of aromatic nitrogens is 4. The second kappa shape index (κ2) is 8.07. The first-order valence-corrected chi connectivity index (χ1v) is 10.2. The minimum atomic E-state index is -0.803. The lowest BCUT2D eigenvalue weighted by Crippen LogP contribution is -2.21. The van der Waals surface area contributed by atoms with Crippen molar-refractivity contribution in [1.82, 2.24) is 19.5 Å². The third-order valence-electron chi connectivity index (χ3n) is 5.53. The molecule has 1 amide bonds. The summed E-state index contributed by atoms with van der Waals surface area (Å²) in [4.78, 5) is 26.0. The summed E-state index contributed by atoms with van der Waals surface area (Å²) >= 11 is 0. The first kappa shape index (κ1) is 21.3. The number of fused-ring (bicyclic) bond motifs is 1. The molecule has 0 bridgehead atoms. The van der Waals surface area contributed by atoms with Crippen molar-refractivity contribution in [2.75, 3.05) is 5.32 Å². The van der Waals surface area contributed by atoms with E-state index in [0.29, 0.717) is 27.7 Å². The van der Waals surface area contributed by atoms with Crippen LogP contribution in [0.3, 0.4) is 0 Å². The monoisotopic (exact) mass is 461 g/mol. The van der Waals surface area contributed by atoms with Crippen molar-refractivity contribution in [3.05, 3.63) is 94.1 Å². The van der Waals surface area contributed by atoms with Crippen molar-refractivity contribution < 1.29 is 18.1 Å². The molecule has 0 saturated heterocycles. The molecule has 0 fully saturated rings. The van der Waals surface area contributed by atoms with Crippen LogP contribution in [0, 0.1) is 18.6 Å². The van der Waals surface area contributed by atoms with Crippen LogP contribution in [0.15, 0.2) is 70.3 Å². The summed E-state index contributed by atoms with van der Waals surface area (Å²) in [5, 5.41) is 11.1. The predicted molar refractivity (Wildman–Crippen MR) is 121 cm³/mol. The Balaban J connectivity index is 1.62. The fourth-order valence-electron chi connectivity index (χ4n) is 3.83. The molecule has 0 aliphatic heterocycles. The van der Waals surface area contributed by atoms with Gasteiger partial charge in [-0.3, -0.25) is 14.2 Å². The summed E-state index contributed by atoms with van der Waals surface area (Å²) in [5.41, 5.74) is 2.02. The lowest BCUT2D eigenvalue weighted by Gasteiger charge is -2.12. The maximum absolute atomic E-state index is 14.4. The number of rotatable bonds is 4. The number of carbonyl (C=O) groups excluding carboxylic acids is 1. The minimum Gasteiger partial charge on any atom is -0.363 e. The number of pyridine rings is 1. The molecule has 5 aromatic rings. The molecule has 3 aromatic heterocycles. The fraction of sp³-hybridized carbons (Fsp3) is 0.0833. The van der Waals surface area contributed by atoms with Crippen molar-refractivity contribution in [2.45, 2.75) is 6.92 Å². The van der Waals surface area contributed by atoms with E-state index >= 15 is 0 Å². The van der Waals surface area contributed by atoms with Crippen molar-refractivity contribution in [2.24, 2.45) is 7.05 Å². The zero-order valence-corrected chi connectivity index (χ0v) is 18.0. The number of halogens is 2. The van der Waals surface area contributed by atoms with Crippen LogP contribution >= 0.6 is 0 Å². The average Bonchev–Trinajstić information content (AvgIpc) is 3.47. The minimum absolute atomic E-state index is 0.0156. The van der Waals surface area contributed by atoms with Gasteiger partial charge in [0.2, 0.25) is 0 Å². The molecule has 0 atom stereocenters. The van der Waals surface area contributed by atoms with E-state index < -0.39 is 17.5 Å². The molecule has 8 nitrogen and oxygen atoms in total. The molecule has 0 spiro atoms. The van der Waals surface area contributed by atoms with Crippen molar-refractivity contribution >= 4 is 22.8 Å². The molecule has 1 N–H and O–H groups in total. The number of hydrogen-bond donors (Lipinski definition) is 1. The van der Waals surface area contributed by atoms with Gasteiger partial charge < -0.3 is 9.84 Å². The quantitative estimate of drug-likeness (QED) is 0.433. The van der Waals surface area contributed by atoms with Crippen molar-refractivity contribution in [3.8, 4) is 16.8 Å². The molecule has 0 aliphatic rings. The molecule has 0 aliphatic carbocycles. The van der Waals surface area contributed by atoms with Crippen LogP contribution in [0.4, 0.5) is 14.6 Å². The zero-order valence-electron chi connectivity index (χ0n) is 18.0. The van der Waals surface area contributed by atoms with Gasteiger partial charge in [0.15, 0.2) is 11.6 Å². The highest BCUT2D eigenvalue weighted by molar-refractivity contribution is 6.04. The van der Waals surface area contributed by atoms with E-state index in [0.717, 1.165) is 17.7 Å². The van der Waals surface area contributed by atoms with Crippen LogP contribution in [0.1, 0.15) is 15.9 Å².